The van der Waals surface area contributed by atoms with Gasteiger partial charge in [-0.25, -0.2) is 4.39 Å². The highest BCUT2D eigenvalue weighted by atomic mass is 35.5. The number of carbonyl (C=O) groups is 1. The molecule has 0 bridgehead atoms. The molecule has 3 N–H and O–H groups in total. The minimum atomic E-state index is -0.610. The van der Waals surface area contributed by atoms with Crippen molar-refractivity contribution in [2.75, 3.05) is 12.4 Å². The molecule has 1 aromatic rings. The van der Waals surface area contributed by atoms with E-state index in [9.17, 15) is 9.18 Å². The van der Waals surface area contributed by atoms with Crippen LogP contribution in [0.2, 0.25) is 0 Å². The zero-order valence-electron chi connectivity index (χ0n) is 8.99. The number of methoxy groups -OCH3 is 1. The predicted molar refractivity (Wildman–Crippen MR) is 62.5 cm³/mol. The van der Waals surface area contributed by atoms with E-state index in [1.165, 1.54) is 25.3 Å². The monoisotopic (exact) mass is 248 g/mol. The van der Waals surface area contributed by atoms with Crippen molar-refractivity contribution in [3.63, 3.8) is 0 Å². The molecular formula is C10H14ClFN2O2. The van der Waals surface area contributed by atoms with E-state index < -0.39 is 11.9 Å². The molecule has 0 aliphatic heterocycles. The van der Waals surface area contributed by atoms with Crippen LogP contribution in [0.25, 0.3) is 0 Å². The van der Waals surface area contributed by atoms with E-state index >= 15 is 0 Å². The SMILES string of the molecule is COc1cc(NC(=O)C(C)N)ccc1F.Cl. The van der Waals surface area contributed by atoms with E-state index in [0.29, 0.717) is 5.69 Å². The van der Waals surface area contributed by atoms with Gasteiger partial charge in [0.15, 0.2) is 11.6 Å². The highest BCUT2D eigenvalue weighted by Gasteiger charge is 2.09. The average Bonchev–Trinajstić information content (AvgIpc) is 2.20. The van der Waals surface area contributed by atoms with E-state index in [1.54, 1.807) is 6.92 Å². The largest absolute Gasteiger partial charge is 0.494 e. The number of nitrogens with two attached hydrogens (primary N) is 1. The lowest BCUT2D eigenvalue weighted by atomic mass is 10.2. The third-order valence-electron chi connectivity index (χ3n) is 1.83. The topological polar surface area (TPSA) is 64.3 Å². The van der Waals surface area contributed by atoms with Crippen LogP contribution in [0, 0.1) is 5.82 Å². The quantitative estimate of drug-likeness (QED) is 0.853. The van der Waals surface area contributed by atoms with Crippen molar-refractivity contribution < 1.29 is 13.9 Å². The number of halogens is 2. The fraction of sp³-hybridized carbons (Fsp3) is 0.300. The summed E-state index contributed by atoms with van der Waals surface area (Å²) in [6, 6.07) is 3.45. The maximum atomic E-state index is 13.0. The molecule has 6 heteroatoms. The van der Waals surface area contributed by atoms with Crippen LogP contribution in [0.15, 0.2) is 18.2 Å². The first-order valence-electron chi connectivity index (χ1n) is 4.44. The van der Waals surface area contributed by atoms with Crippen LogP contribution < -0.4 is 15.8 Å². The van der Waals surface area contributed by atoms with Gasteiger partial charge in [0.1, 0.15) is 0 Å². The number of hydrogen-bond acceptors (Lipinski definition) is 3. The average molecular weight is 249 g/mol. The molecule has 0 radical (unpaired) electrons. The predicted octanol–water partition coefficient (Wildman–Crippen LogP) is 1.54. The van der Waals surface area contributed by atoms with Gasteiger partial charge < -0.3 is 15.8 Å². The van der Waals surface area contributed by atoms with Gasteiger partial charge in [0.05, 0.1) is 13.2 Å². The second kappa shape index (κ2) is 6.30. The number of nitrogens with one attached hydrogen (secondary N) is 1. The molecule has 0 heterocycles. The number of ether oxygens (including phenoxy) is 1. The number of amides is 1. The van der Waals surface area contributed by atoms with Crippen molar-refractivity contribution in [2.24, 2.45) is 5.73 Å². The van der Waals surface area contributed by atoms with E-state index in [4.69, 9.17) is 10.5 Å². The number of rotatable bonds is 3. The maximum absolute atomic E-state index is 13.0. The summed E-state index contributed by atoms with van der Waals surface area (Å²) < 4.78 is 17.8. The van der Waals surface area contributed by atoms with Crippen molar-refractivity contribution in [1.29, 1.82) is 0 Å². The molecule has 1 unspecified atom stereocenters. The maximum Gasteiger partial charge on any atom is 0.241 e. The number of carbonyl (C=O) groups excluding carboxylic acids is 1. The van der Waals surface area contributed by atoms with Crippen molar-refractivity contribution in [3.8, 4) is 5.75 Å². The molecule has 1 amide bonds. The van der Waals surface area contributed by atoms with E-state index in [2.05, 4.69) is 5.32 Å². The fourth-order valence-electron chi connectivity index (χ4n) is 0.994. The Morgan fingerprint density at radius 1 is 1.56 bits per heavy atom. The lowest BCUT2D eigenvalue weighted by molar-refractivity contribution is -0.117. The number of benzene rings is 1. The van der Waals surface area contributed by atoms with Gasteiger partial charge in [-0.3, -0.25) is 4.79 Å². The summed E-state index contributed by atoms with van der Waals surface area (Å²) in [7, 11) is 1.36. The Kier molecular flexibility index (Phi) is 5.77. The minimum Gasteiger partial charge on any atom is -0.494 e. The molecular weight excluding hydrogens is 235 g/mol. The van der Waals surface area contributed by atoms with E-state index in [-0.39, 0.29) is 24.1 Å². The van der Waals surface area contributed by atoms with Crippen molar-refractivity contribution in [2.45, 2.75) is 13.0 Å². The molecule has 4 nitrogen and oxygen atoms in total. The first kappa shape index (κ1) is 14.7. The first-order chi connectivity index (χ1) is 7.04. The molecule has 1 aromatic carbocycles. The molecule has 90 valence electrons. The lowest BCUT2D eigenvalue weighted by Gasteiger charge is -2.09. The molecule has 0 saturated carbocycles. The molecule has 1 rings (SSSR count). The molecule has 1 atom stereocenters. The zero-order chi connectivity index (χ0) is 11.4. The van der Waals surface area contributed by atoms with Crippen molar-refractivity contribution >= 4 is 24.0 Å². The molecule has 0 aliphatic carbocycles. The number of anilines is 1. The standard InChI is InChI=1S/C10H13FN2O2.ClH/c1-6(12)10(14)13-7-3-4-8(11)9(5-7)15-2;/h3-6H,12H2,1-2H3,(H,13,14);1H. The summed E-state index contributed by atoms with van der Waals surface area (Å²) >= 11 is 0. The summed E-state index contributed by atoms with van der Waals surface area (Å²) in [5, 5.41) is 2.53. The molecule has 0 fully saturated rings. The van der Waals surface area contributed by atoms with Crippen molar-refractivity contribution in [3.05, 3.63) is 24.0 Å². The Hall–Kier alpha value is -1.33. The molecule has 0 aliphatic rings. The van der Waals surface area contributed by atoms with Gasteiger partial charge in [-0.15, -0.1) is 12.4 Å². The van der Waals surface area contributed by atoms with Crippen LogP contribution in [0.3, 0.4) is 0 Å². The normalized spacial score (nSPS) is 11.2. The van der Waals surface area contributed by atoms with Gasteiger partial charge in [-0.05, 0) is 19.1 Å². The van der Waals surface area contributed by atoms with Crippen LogP contribution in [0.4, 0.5) is 10.1 Å². The lowest BCUT2D eigenvalue weighted by Crippen LogP contribution is -2.32. The second-order valence-corrected chi connectivity index (χ2v) is 3.13. The van der Waals surface area contributed by atoms with Gasteiger partial charge in [-0.2, -0.15) is 0 Å². The Morgan fingerprint density at radius 3 is 2.69 bits per heavy atom. The number of hydrogen-bond donors (Lipinski definition) is 2. The Morgan fingerprint density at radius 2 is 2.19 bits per heavy atom. The first-order valence-corrected chi connectivity index (χ1v) is 4.44. The Labute approximate surface area is 99.4 Å². The molecule has 16 heavy (non-hydrogen) atoms. The summed E-state index contributed by atoms with van der Waals surface area (Å²) in [5.74, 6) is -0.725. The fourth-order valence-corrected chi connectivity index (χ4v) is 0.994. The van der Waals surface area contributed by atoms with Crippen LogP contribution in [0.1, 0.15) is 6.92 Å². The van der Waals surface area contributed by atoms with Gasteiger partial charge >= 0.3 is 0 Å². The zero-order valence-corrected chi connectivity index (χ0v) is 9.81. The third-order valence-corrected chi connectivity index (χ3v) is 1.83. The third kappa shape index (κ3) is 3.67. The summed E-state index contributed by atoms with van der Waals surface area (Å²) in [4.78, 5) is 11.2. The van der Waals surface area contributed by atoms with Gasteiger partial charge in [0, 0.05) is 11.8 Å². The van der Waals surface area contributed by atoms with Crippen LogP contribution >= 0.6 is 12.4 Å². The summed E-state index contributed by atoms with van der Waals surface area (Å²) in [6.07, 6.45) is 0. The van der Waals surface area contributed by atoms with Gasteiger partial charge in [-0.1, -0.05) is 0 Å². The minimum absolute atomic E-state index is 0. The molecule has 0 spiro atoms. The second-order valence-electron chi connectivity index (χ2n) is 3.13. The highest BCUT2D eigenvalue weighted by molar-refractivity contribution is 5.94. The van der Waals surface area contributed by atoms with E-state index in [1.807, 2.05) is 0 Å². The highest BCUT2D eigenvalue weighted by Crippen LogP contribution is 2.21. The smallest absolute Gasteiger partial charge is 0.241 e. The summed E-state index contributed by atoms with van der Waals surface area (Å²) in [5.41, 5.74) is 5.82. The van der Waals surface area contributed by atoms with Crippen LogP contribution in [-0.4, -0.2) is 19.1 Å². The Balaban J connectivity index is 0.00000225. The van der Waals surface area contributed by atoms with Crippen molar-refractivity contribution in [1.82, 2.24) is 0 Å². The van der Waals surface area contributed by atoms with Crippen LogP contribution in [-0.2, 0) is 4.79 Å². The van der Waals surface area contributed by atoms with E-state index in [0.717, 1.165) is 0 Å². The van der Waals surface area contributed by atoms with Gasteiger partial charge in [0.25, 0.3) is 0 Å². The molecule has 0 aromatic heterocycles. The van der Waals surface area contributed by atoms with Gasteiger partial charge in [0.2, 0.25) is 5.91 Å². The summed E-state index contributed by atoms with van der Waals surface area (Å²) in [6.45, 7) is 1.57. The Bertz CT molecular complexity index is 372. The van der Waals surface area contributed by atoms with Crippen LogP contribution in [0.5, 0.6) is 5.75 Å². The molecule has 0 saturated heterocycles.